The number of imidazole rings is 1. The molecule has 4 heteroatoms. The van der Waals surface area contributed by atoms with E-state index in [4.69, 9.17) is 4.98 Å². The number of piperazine rings is 1. The average Bonchev–Trinajstić information content (AvgIpc) is 2.73. The van der Waals surface area contributed by atoms with Crippen LogP contribution in [0.15, 0.2) is 24.5 Å². The summed E-state index contributed by atoms with van der Waals surface area (Å²) in [5.74, 6) is 0. The van der Waals surface area contributed by atoms with E-state index < -0.39 is 0 Å². The first-order valence-electron chi connectivity index (χ1n) is 6.61. The molecule has 0 aliphatic carbocycles. The zero-order valence-electron chi connectivity index (χ0n) is 11.1. The Kier molecular flexibility index (Phi) is 3.06. The molecule has 3 heterocycles. The predicted molar refractivity (Wildman–Crippen MR) is 72.7 cm³/mol. The van der Waals surface area contributed by atoms with Crippen LogP contribution in [-0.2, 0) is 6.54 Å². The van der Waals surface area contributed by atoms with Crippen molar-refractivity contribution in [2.24, 2.45) is 0 Å². The molecular weight excluding hydrogens is 224 g/mol. The predicted octanol–water partition coefficient (Wildman–Crippen LogP) is 1.44. The van der Waals surface area contributed by atoms with Crippen LogP contribution in [0.25, 0.3) is 5.65 Å². The standard InChI is InChI=1S/C14H20N4/c1-11-4-3-6-18-10-13(16-14(11)18)9-17-7-5-15-12(2)8-17/h3-4,6,10,12,15H,5,7-9H2,1-2H3/t12-/m1/s1. The summed E-state index contributed by atoms with van der Waals surface area (Å²) in [6, 6.07) is 4.76. The number of aryl methyl sites for hydroxylation is 1. The fourth-order valence-electron chi connectivity index (χ4n) is 2.67. The molecular formula is C14H20N4. The van der Waals surface area contributed by atoms with Crippen molar-refractivity contribution in [1.82, 2.24) is 19.6 Å². The maximum atomic E-state index is 4.73. The van der Waals surface area contributed by atoms with Gasteiger partial charge >= 0.3 is 0 Å². The lowest BCUT2D eigenvalue weighted by molar-refractivity contribution is 0.198. The topological polar surface area (TPSA) is 32.6 Å². The molecule has 0 bridgehead atoms. The van der Waals surface area contributed by atoms with Crippen LogP contribution in [-0.4, -0.2) is 40.0 Å². The lowest BCUT2D eigenvalue weighted by Gasteiger charge is -2.31. The van der Waals surface area contributed by atoms with Gasteiger partial charge in [-0.1, -0.05) is 6.07 Å². The third-order valence-corrected chi connectivity index (χ3v) is 3.57. The molecule has 1 fully saturated rings. The van der Waals surface area contributed by atoms with E-state index in [9.17, 15) is 0 Å². The lowest BCUT2D eigenvalue weighted by atomic mass is 10.2. The largest absolute Gasteiger partial charge is 0.312 e. The Morgan fingerprint density at radius 3 is 3.17 bits per heavy atom. The summed E-state index contributed by atoms with van der Waals surface area (Å²) in [6.45, 7) is 8.59. The number of rotatable bonds is 2. The van der Waals surface area contributed by atoms with Gasteiger partial charge in [0, 0.05) is 44.6 Å². The van der Waals surface area contributed by atoms with E-state index in [2.05, 4.69) is 53.0 Å². The minimum Gasteiger partial charge on any atom is -0.312 e. The third-order valence-electron chi connectivity index (χ3n) is 3.57. The number of pyridine rings is 1. The Labute approximate surface area is 108 Å². The van der Waals surface area contributed by atoms with Gasteiger partial charge in [0.05, 0.1) is 5.69 Å². The van der Waals surface area contributed by atoms with Crippen molar-refractivity contribution in [2.45, 2.75) is 26.4 Å². The quantitative estimate of drug-likeness (QED) is 0.867. The molecule has 1 N–H and O–H groups in total. The van der Waals surface area contributed by atoms with Gasteiger partial charge in [-0.25, -0.2) is 4.98 Å². The molecule has 1 aliphatic rings. The molecule has 0 radical (unpaired) electrons. The molecule has 0 unspecified atom stereocenters. The van der Waals surface area contributed by atoms with Crippen LogP contribution in [0.3, 0.4) is 0 Å². The van der Waals surface area contributed by atoms with E-state index in [-0.39, 0.29) is 0 Å². The zero-order valence-corrected chi connectivity index (χ0v) is 11.1. The zero-order chi connectivity index (χ0) is 12.5. The van der Waals surface area contributed by atoms with E-state index in [1.54, 1.807) is 0 Å². The van der Waals surface area contributed by atoms with Crippen LogP contribution < -0.4 is 5.32 Å². The smallest absolute Gasteiger partial charge is 0.139 e. The number of fused-ring (bicyclic) bond motifs is 1. The highest BCUT2D eigenvalue weighted by molar-refractivity contribution is 5.47. The molecule has 1 atom stereocenters. The van der Waals surface area contributed by atoms with Gasteiger partial charge in [0.15, 0.2) is 0 Å². The molecule has 2 aromatic rings. The highest BCUT2D eigenvalue weighted by Gasteiger charge is 2.16. The second-order valence-corrected chi connectivity index (χ2v) is 5.24. The molecule has 2 aromatic heterocycles. The third kappa shape index (κ3) is 2.26. The fourth-order valence-corrected chi connectivity index (χ4v) is 2.67. The Hall–Kier alpha value is -1.39. The molecule has 18 heavy (non-hydrogen) atoms. The second-order valence-electron chi connectivity index (χ2n) is 5.24. The number of nitrogens with one attached hydrogen (secondary N) is 1. The van der Waals surface area contributed by atoms with E-state index in [1.807, 2.05) is 0 Å². The van der Waals surface area contributed by atoms with Crippen LogP contribution in [0.4, 0.5) is 0 Å². The Balaban J connectivity index is 1.80. The molecule has 1 saturated heterocycles. The SMILES string of the molecule is Cc1cccn2cc(CN3CCN[C@H](C)C3)nc12. The maximum Gasteiger partial charge on any atom is 0.139 e. The first-order chi connectivity index (χ1) is 8.72. The summed E-state index contributed by atoms with van der Waals surface area (Å²) in [7, 11) is 0. The summed E-state index contributed by atoms with van der Waals surface area (Å²) in [6.07, 6.45) is 4.22. The van der Waals surface area contributed by atoms with Gasteiger partial charge in [0.2, 0.25) is 0 Å². The monoisotopic (exact) mass is 244 g/mol. The van der Waals surface area contributed by atoms with Gasteiger partial charge in [-0.3, -0.25) is 4.90 Å². The Morgan fingerprint density at radius 2 is 2.39 bits per heavy atom. The van der Waals surface area contributed by atoms with Gasteiger partial charge in [-0.2, -0.15) is 0 Å². The molecule has 0 aromatic carbocycles. The first-order valence-corrected chi connectivity index (χ1v) is 6.61. The summed E-state index contributed by atoms with van der Waals surface area (Å²) >= 11 is 0. The summed E-state index contributed by atoms with van der Waals surface area (Å²) < 4.78 is 2.12. The number of hydrogen-bond donors (Lipinski definition) is 1. The summed E-state index contributed by atoms with van der Waals surface area (Å²) in [5, 5.41) is 3.47. The van der Waals surface area contributed by atoms with Gasteiger partial charge < -0.3 is 9.72 Å². The van der Waals surface area contributed by atoms with Crippen molar-refractivity contribution in [3.05, 3.63) is 35.8 Å². The number of hydrogen-bond acceptors (Lipinski definition) is 3. The minimum atomic E-state index is 0.581. The van der Waals surface area contributed by atoms with Gasteiger partial charge in [0.1, 0.15) is 5.65 Å². The van der Waals surface area contributed by atoms with Crippen molar-refractivity contribution < 1.29 is 0 Å². The van der Waals surface area contributed by atoms with E-state index in [1.165, 1.54) is 11.3 Å². The molecule has 0 amide bonds. The molecule has 0 spiro atoms. The molecule has 0 saturated carbocycles. The summed E-state index contributed by atoms with van der Waals surface area (Å²) in [4.78, 5) is 7.20. The van der Waals surface area contributed by atoms with Gasteiger partial charge in [0.25, 0.3) is 0 Å². The Bertz CT molecular complexity index is 546. The lowest BCUT2D eigenvalue weighted by Crippen LogP contribution is -2.48. The van der Waals surface area contributed by atoms with Crippen molar-refractivity contribution >= 4 is 5.65 Å². The van der Waals surface area contributed by atoms with Gasteiger partial charge in [-0.15, -0.1) is 0 Å². The summed E-state index contributed by atoms with van der Waals surface area (Å²) in [5.41, 5.74) is 3.48. The van der Waals surface area contributed by atoms with Crippen molar-refractivity contribution in [3.63, 3.8) is 0 Å². The molecule has 1 aliphatic heterocycles. The highest BCUT2D eigenvalue weighted by Crippen LogP contribution is 2.12. The van der Waals surface area contributed by atoms with Crippen molar-refractivity contribution in [1.29, 1.82) is 0 Å². The highest BCUT2D eigenvalue weighted by atomic mass is 15.2. The first kappa shape index (κ1) is 11.7. The van der Waals surface area contributed by atoms with Crippen LogP contribution in [0.1, 0.15) is 18.2 Å². The number of aromatic nitrogens is 2. The second kappa shape index (κ2) is 4.71. The minimum absolute atomic E-state index is 0.581. The normalized spacial score (nSPS) is 21.6. The van der Waals surface area contributed by atoms with Crippen LogP contribution >= 0.6 is 0 Å². The fraction of sp³-hybridized carbons (Fsp3) is 0.500. The number of nitrogens with zero attached hydrogens (tertiary/aromatic N) is 3. The van der Waals surface area contributed by atoms with Crippen molar-refractivity contribution in [2.75, 3.05) is 19.6 Å². The van der Waals surface area contributed by atoms with Crippen LogP contribution in [0, 0.1) is 6.92 Å². The van der Waals surface area contributed by atoms with Crippen molar-refractivity contribution in [3.8, 4) is 0 Å². The van der Waals surface area contributed by atoms with E-state index >= 15 is 0 Å². The average molecular weight is 244 g/mol. The molecule has 4 nitrogen and oxygen atoms in total. The van der Waals surface area contributed by atoms with E-state index in [0.29, 0.717) is 6.04 Å². The van der Waals surface area contributed by atoms with Crippen LogP contribution in [0.2, 0.25) is 0 Å². The molecule has 96 valence electrons. The van der Waals surface area contributed by atoms with Gasteiger partial charge in [-0.05, 0) is 25.5 Å². The van der Waals surface area contributed by atoms with Crippen LogP contribution in [0.5, 0.6) is 0 Å². The van der Waals surface area contributed by atoms with E-state index in [0.717, 1.165) is 31.8 Å². The Morgan fingerprint density at radius 1 is 1.50 bits per heavy atom. The maximum absolute atomic E-state index is 4.73. The molecule has 3 rings (SSSR count).